The lowest BCUT2D eigenvalue weighted by atomic mass is 9.47. The van der Waals surface area contributed by atoms with E-state index in [9.17, 15) is 5.11 Å². The zero-order valence-electron chi connectivity index (χ0n) is 19.5. The summed E-state index contributed by atoms with van der Waals surface area (Å²) in [5.74, 6) is 3.94. The molecule has 0 aromatic rings. The molecule has 0 unspecified atom stereocenters. The lowest BCUT2D eigenvalue weighted by Gasteiger charge is -2.58. The van der Waals surface area contributed by atoms with Crippen LogP contribution in [-0.4, -0.2) is 29.7 Å². The summed E-state index contributed by atoms with van der Waals surface area (Å²) in [6.45, 7) is 10.8. The maximum absolute atomic E-state index is 10.3. The summed E-state index contributed by atoms with van der Waals surface area (Å²) in [4.78, 5) is 0. The van der Waals surface area contributed by atoms with Gasteiger partial charge in [0, 0.05) is 12.3 Å². The smallest absolute Gasteiger partial charge is 0.171 e. The van der Waals surface area contributed by atoms with Crippen molar-refractivity contribution in [3.8, 4) is 0 Å². The highest BCUT2D eigenvalue weighted by atomic mass is 16.7. The Morgan fingerprint density at radius 3 is 2.63 bits per heavy atom. The van der Waals surface area contributed by atoms with Crippen LogP contribution in [0, 0.1) is 46.3 Å². The van der Waals surface area contributed by atoms with Crippen molar-refractivity contribution < 1.29 is 14.6 Å². The second-order valence-corrected chi connectivity index (χ2v) is 12.7. The summed E-state index contributed by atoms with van der Waals surface area (Å²) in [6.07, 6.45) is 13.5. The molecule has 2 saturated heterocycles. The summed E-state index contributed by atoms with van der Waals surface area (Å²) in [6, 6.07) is 0. The van der Waals surface area contributed by atoms with Gasteiger partial charge in [0.1, 0.15) is 0 Å². The number of allylic oxidation sites excluding steroid dienone is 1. The molecule has 3 nitrogen and oxygen atoms in total. The maximum Gasteiger partial charge on any atom is 0.171 e. The van der Waals surface area contributed by atoms with E-state index in [1.54, 1.807) is 5.57 Å². The van der Waals surface area contributed by atoms with Crippen molar-refractivity contribution in [1.29, 1.82) is 0 Å². The Hall–Kier alpha value is -0.380. The van der Waals surface area contributed by atoms with Crippen LogP contribution < -0.4 is 0 Å². The fraction of sp³-hybridized carbons (Fsp3) is 0.926. The third kappa shape index (κ3) is 2.55. The van der Waals surface area contributed by atoms with Crippen LogP contribution in [0.4, 0.5) is 0 Å². The third-order valence-corrected chi connectivity index (χ3v) is 11.3. The van der Waals surface area contributed by atoms with Gasteiger partial charge >= 0.3 is 0 Å². The van der Waals surface area contributed by atoms with E-state index in [4.69, 9.17) is 9.47 Å². The minimum absolute atomic E-state index is 0.107. The number of aliphatic hydroxyl groups excluding tert-OH is 1. The average molecular weight is 415 g/mol. The van der Waals surface area contributed by atoms with E-state index >= 15 is 0 Å². The van der Waals surface area contributed by atoms with Crippen molar-refractivity contribution in [1.82, 2.24) is 0 Å². The molecule has 3 heteroatoms. The molecule has 0 amide bonds. The Morgan fingerprint density at radius 2 is 1.87 bits per heavy atom. The first-order chi connectivity index (χ1) is 14.3. The van der Waals surface area contributed by atoms with Crippen LogP contribution in [0.1, 0.15) is 85.5 Å². The van der Waals surface area contributed by atoms with Gasteiger partial charge in [0.05, 0.1) is 18.8 Å². The highest BCUT2D eigenvalue weighted by Gasteiger charge is 2.68. The quantitative estimate of drug-likeness (QED) is 0.516. The largest absolute Gasteiger partial charge is 0.393 e. The molecule has 3 saturated carbocycles. The van der Waals surface area contributed by atoms with E-state index < -0.39 is 0 Å². The highest BCUT2D eigenvalue weighted by molar-refractivity contribution is 5.26. The monoisotopic (exact) mass is 414 g/mol. The molecule has 6 rings (SSSR count). The van der Waals surface area contributed by atoms with Crippen molar-refractivity contribution >= 4 is 0 Å². The van der Waals surface area contributed by atoms with Gasteiger partial charge in [-0.1, -0.05) is 39.3 Å². The van der Waals surface area contributed by atoms with Crippen molar-refractivity contribution in [3.05, 3.63) is 11.6 Å². The summed E-state index contributed by atoms with van der Waals surface area (Å²) >= 11 is 0. The van der Waals surface area contributed by atoms with Crippen LogP contribution in [0.5, 0.6) is 0 Å². The van der Waals surface area contributed by atoms with E-state index in [1.165, 1.54) is 38.5 Å². The van der Waals surface area contributed by atoms with Crippen molar-refractivity contribution in [3.63, 3.8) is 0 Å². The minimum atomic E-state index is -0.294. The SMILES string of the molecule is C[C@@H]1CC[C@@]2(OC1)O[C@H]1C[C@@H]3[C@@H]4CC=C5C[C@H](O)CC[C@]5(C)[C@@H]4CC[C@]3(C)[C@H]1[C@@H]2C. The zero-order valence-corrected chi connectivity index (χ0v) is 19.5. The molecule has 1 spiro atoms. The van der Waals surface area contributed by atoms with Crippen LogP contribution in [0.2, 0.25) is 0 Å². The lowest BCUT2D eigenvalue weighted by molar-refractivity contribution is -0.272. The highest BCUT2D eigenvalue weighted by Crippen LogP contribution is 2.70. The third-order valence-electron chi connectivity index (χ3n) is 11.3. The van der Waals surface area contributed by atoms with Crippen molar-refractivity contribution in [2.75, 3.05) is 6.61 Å². The molecule has 6 aliphatic rings. The summed E-state index contributed by atoms with van der Waals surface area (Å²) in [7, 11) is 0. The minimum Gasteiger partial charge on any atom is -0.393 e. The van der Waals surface area contributed by atoms with Gasteiger partial charge < -0.3 is 14.6 Å². The second-order valence-electron chi connectivity index (χ2n) is 12.7. The average Bonchev–Trinajstić information content (AvgIpc) is 3.16. The number of fused-ring (bicyclic) bond motifs is 7. The van der Waals surface area contributed by atoms with E-state index in [-0.39, 0.29) is 11.9 Å². The van der Waals surface area contributed by atoms with Crippen molar-refractivity contribution in [2.45, 2.75) is 103 Å². The number of hydrogen-bond donors (Lipinski definition) is 1. The number of ether oxygens (including phenoxy) is 2. The molecule has 0 bridgehead atoms. The van der Waals surface area contributed by atoms with E-state index in [0.717, 1.165) is 43.6 Å². The molecule has 30 heavy (non-hydrogen) atoms. The van der Waals surface area contributed by atoms with Gasteiger partial charge in [0.25, 0.3) is 0 Å². The van der Waals surface area contributed by atoms with Gasteiger partial charge in [-0.2, -0.15) is 0 Å². The molecule has 4 aliphatic carbocycles. The summed E-state index contributed by atoms with van der Waals surface area (Å²) in [5, 5.41) is 10.3. The molecule has 2 heterocycles. The normalized spacial score (nSPS) is 59.8. The molecule has 168 valence electrons. The van der Waals surface area contributed by atoms with E-state index in [1.807, 2.05) is 0 Å². The van der Waals surface area contributed by atoms with Gasteiger partial charge in [-0.25, -0.2) is 0 Å². The van der Waals surface area contributed by atoms with Crippen molar-refractivity contribution in [2.24, 2.45) is 46.3 Å². The predicted octanol–water partition coefficient (Wildman–Crippen LogP) is 5.71. The van der Waals surface area contributed by atoms with Crippen LogP contribution in [0.3, 0.4) is 0 Å². The van der Waals surface area contributed by atoms with Crippen LogP contribution in [0.15, 0.2) is 11.6 Å². The van der Waals surface area contributed by atoms with E-state index in [2.05, 4.69) is 33.8 Å². The molecule has 1 N–H and O–H groups in total. The first-order valence-electron chi connectivity index (χ1n) is 13.0. The Balaban J connectivity index is 1.28. The molecule has 0 radical (unpaired) electrons. The second kappa shape index (κ2) is 6.58. The summed E-state index contributed by atoms with van der Waals surface area (Å²) in [5.41, 5.74) is 2.31. The first-order valence-corrected chi connectivity index (χ1v) is 13.0. The van der Waals surface area contributed by atoms with Crippen LogP contribution in [0.25, 0.3) is 0 Å². The molecular weight excluding hydrogens is 372 g/mol. The lowest BCUT2D eigenvalue weighted by Crippen LogP contribution is -2.52. The zero-order chi connectivity index (χ0) is 20.9. The molecule has 2 aliphatic heterocycles. The van der Waals surface area contributed by atoms with Gasteiger partial charge in [0.15, 0.2) is 5.79 Å². The summed E-state index contributed by atoms with van der Waals surface area (Å²) < 4.78 is 13.3. The fourth-order valence-corrected chi connectivity index (χ4v) is 9.66. The topological polar surface area (TPSA) is 38.7 Å². The van der Waals surface area contributed by atoms with Gasteiger partial charge in [-0.15, -0.1) is 0 Å². The molecule has 5 fully saturated rings. The maximum atomic E-state index is 10.3. The van der Waals surface area contributed by atoms with Gasteiger partial charge in [0.2, 0.25) is 0 Å². The van der Waals surface area contributed by atoms with Gasteiger partial charge in [-0.05, 0) is 91.8 Å². The Labute approximate surface area is 183 Å². The first kappa shape index (κ1) is 20.2. The number of hydrogen-bond acceptors (Lipinski definition) is 3. The molecule has 0 aromatic carbocycles. The molecule has 11 atom stereocenters. The molecular formula is C27H42O3. The number of aliphatic hydroxyl groups is 1. The van der Waals surface area contributed by atoms with Gasteiger partial charge in [-0.3, -0.25) is 0 Å². The number of rotatable bonds is 0. The Bertz CT molecular complexity index is 736. The Kier molecular flexibility index (Phi) is 4.44. The Morgan fingerprint density at radius 1 is 1.03 bits per heavy atom. The fourth-order valence-electron chi connectivity index (χ4n) is 9.66. The van der Waals surface area contributed by atoms with E-state index in [0.29, 0.717) is 34.7 Å². The van der Waals surface area contributed by atoms with Crippen LogP contribution in [-0.2, 0) is 9.47 Å². The van der Waals surface area contributed by atoms with Crippen LogP contribution >= 0.6 is 0 Å². The predicted molar refractivity (Wildman–Crippen MR) is 118 cm³/mol. The molecule has 0 aromatic heterocycles. The standard InChI is InChI=1S/C27H42O3/c1-16-7-12-27(29-15-16)17(2)24-23(30-27)14-22-20-6-5-18-13-19(28)8-10-25(18,3)21(20)9-11-26(22,24)4/h5,16-17,19-24,28H,6-15H2,1-4H3/t16-,17+,19-,20-,21-,22-,23+,24+,25+,26+,27-/m1/s1.